The van der Waals surface area contributed by atoms with Crippen LogP contribution in [0.5, 0.6) is 0 Å². The number of carboxylic acid groups (broad SMARTS) is 2. The third-order valence-electron chi connectivity index (χ3n) is 5.80. The molecular weight excluding hydrogens is 460 g/mol. The number of likely N-dealkylation sites (N-methyl/N-ethyl adjacent to an activating group) is 2. The van der Waals surface area contributed by atoms with Crippen molar-refractivity contribution in [2.24, 2.45) is 0 Å². The Morgan fingerprint density at radius 2 is 1.28 bits per heavy atom. The molecule has 0 aromatic carbocycles. The minimum absolute atomic E-state index is 0.0422. The summed E-state index contributed by atoms with van der Waals surface area (Å²) < 4.78 is 0.853. The molecule has 0 saturated carbocycles. The third-order valence-corrected chi connectivity index (χ3v) is 5.80. The normalized spacial score (nSPS) is 12.2. The molecule has 0 aromatic heterocycles. The average Bonchev–Trinajstić information content (AvgIpc) is 2.72. The zero-order valence-electron chi connectivity index (χ0n) is 24.1. The van der Waals surface area contributed by atoms with Gasteiger partial charge >= 0.3 is 11.9 Å². The second kappa shape index (κ2) is 19.9. The quantitative estimate of drug-likeness (QED) is 0.199. The molecule has 2 N–H and O–H groups in total. The Balaban J connectivity index is 0. The lowest BCUT2D eigenvalue weighted by Gasteiger charge is -2.30. The molecular formula is C27H54N4O5+2. The zero-order valence-corrected chi connectivity index (χ0v) is 24.1. The summed E-state index contributed by atoms with van der Waals surface area (Å²) in [6, 6.07) is 1.72. The van der Waals surface area contributed by atoms with Crippen LogP contribution in [0.15, 0.2) is 0 Å². The van der Waals surface area contributed by atoms with E-state index in [0.29, 0.717) is 34.9 Å². The predicted molar refractivity (Wildman–Crippen MR) is 143 cm³/mol. The van der Waals surface area contributed by atoms with E-state index in [1.165, 1.54) is 44.9 Å². The van der Waals surface area contributed by atoms with Crippen LogP contribution >= 0.6 is 0 Å². The van der Waals surface area contributed by atoms with E-state index >= 15 is 0 Å². The van der Waals surface area contributed by atoms with Crippen LogP contribution in [0, 0.1) is 11.3 Å². The van der Waals surface area contributed by atoms with Crippen molar-refractivity contribution in [2.45, 2.75) is 90.5 Å². The van der Waals surface area contributed by atoms with Crippen molar-refractivity contribution in [1.82, 2.24) is 4.90 Å². The lowest BCUT2D eigenvalue weighted by atomic mass is 10.1. The number of hydrogen-bond acceptors (Lipinski definition) is 4. The number of carbonyl (C=O) groups is 3. The van der Waals surface area contributed by atoms with Crippen molar-refractivity contribution in [2.75, 3.05) is 61.4 Å². The van der Waals surface area contributed by atoms with Crippen molar-refractivity contribution in [3.8, 4) is 6.07 Å². The minimum atomic E-state index is -0.825. The van der Waals surface area contributed by atoms with Gasteiger partial charge in [0.05, 0.1) is 47.9 Å². The van der Waals surface area contributed by atoms with E-state index in [9.17, 15) is 19.6 Å². The Bertz CT molecular complexity index is 668. The molecule has 210 valence electrons. The largest absolute Gasteiger partial charge is 0.477 e. The molecule has 0 spiro atoms. The highest BCUT2D eigenvalue weighted by molar-refractivity contribution is 5.76. The number of nitriles is 1. The number of amides is 1. The van der Waals surface area contributed by atoms with Crippen molar-refractivity contribution in [1.29, 1.82) is 5.26 Å². The number of unbranched alkanes of at least 4 members (excludes halogenated alkanes) is 8. The van der Waals surface area contributed by atoms with Gasteiger partial charge in [0.15, 0.2) is 13.1 Å². The molecule has 9 heteroatoms. The highest BCUT2D eigenvalue weighted by Gasteiger charge is 2.23. The number of carboxylic acids is 2. The molecule has 1 amide bonds. The molecule has 0 rings (SSSR count). The van der Waals surface area contributed by atoms with Gasteiger partial charge in [0.25, 0.3) is 0 Å². The highest BCUT2D eigenvalue weighted by Crippen LogP contribution is 2.13. The van der Waals surface area contributed by atoms with Crippen LogP contribution in [0.3, 0.4) is 0 Å². The van der Waals surface area contributed by atoms with Gasteiger partial charge in [-0.25, -0.2) is 9.59 Å². The van der Waals surface area contributed by atoms with E-state index in [0.717, 1.165) is 12.8 Å². The van der Waals surface area contributed by atoms with Gasteiger partial charge in [-0.05, 0) is 13.3 Å². The molecule has 0 saturated heterocycles. The number of hydrogen-bond donors (Lipinski definition) is 2. The fourth-order valence-corrected chi connectivity index (χ4v) is 3.85. The van der Waals surface area contributed by atoms with Gasteiger partial charge in [-0.2, -0.15) is 5.26 Å². The summed E-state index contributed by atoms with van der Waals surface area (Å²) in [7, 11) is 9.27. The van der Waals surface area contributed by atoms with Gasteiger partial charge in [0, 0.05) is 19.4 Å². The Kier molecular flexibility index (Phi) is 19.9. The number of aliphatic carboxylic acids is 2. The number of rotatable bonds is 19. The zero-order chi connectivity index (χ0) is 28.2. The number of nitrogens with zero attached hydrogens (tertiary/aromatic N) is 4. The van der Waals surface area contributed by atoms with E-state index < -0.39 is 18.0 Å². The maximum Gasteiger partial charge on any atom is 0.359 e. The van der Waals surface area contributed by atoms with Crippen LogP contribution < -0.4 is 0 Å². The highest BCUT2D eigenvalue weighted by atomic mass is 16.4. The standard InChI is InChI=1S/C22H41N3O3.C5H11NO2/c1-5-6-7-8-9-10-11-12-13-15-21(26)24(20(2)18-23)16-14-17-25(3,4)19-22(27)28;1-6(2,3)4-5(7)8/h20H,5-17,19H2,1-4H3;4H2,1-3H3/p+2. The van der Waals surface area contributed by atoms with Crippen molar-refractivity contribution in [3.05, 3.63) is 0 Å². The van der Waals surface area contributed by atoms with Crippen LogP contribution in [-0.4, -0.2) is 109 Å². The Labute approximate surface area is 219 Å². The van der Waals surface area contributed by atoms with Crippen molar-refractivity contribution < 1.29 is 33.6 Å². The topological polar surface area (TPSA) is 119 Å². The lowest BCUT2D eigenvalue weighted by molar-refractivity contribution is -0.883. The van der Waals surface area contributed by atoms with Gasteiger partial charge in [0.2, 0.25) is 5.91 Å². The summed E-state index contributed by atoms with van der Waals surface area (Å²) in [5.41, 5.74) is 0. The Hall–Kier alpha value is -2.18. The Morgan fingerprint density at radius 3 is 1.67 bits per heavy atom. The predicted octanol–water partition coefficient (Wildman–Crippen LogP) is 3.98. The fourth-order valence-electron chi connectivity index (χ4n) is 3.85. The van der Waals surface area contributed by atoms with Gasteiger partial charge in [-0.3, -0.25) is 4.79 Å². The summed E-state index contributed by atoms with van der Waals surface area (Å²) in [6.45, 7) is 5.38. The first-order valence-corrected chi connectivity index (χ1v) is 13.4. The van der Waals surface area contributed by atoms with Crippen molar-refractivity contribution >= 4 is 17.8 Å². The maximum absolute atomic E-state index is 12.6. The maximum atomic E-state index is 12.6. The van der Waals surface area contributed by atoms with Crippen LogP contribution in [0.4, 0.5) is 0 Å². The minimum Gasteiger partial charge on any atom is -0.477 e. The molecule has 0 aliphatic heterocycles. The number of carbonyl (C=O) groups excluding carboxylic acids is 1. The van der Waals surface area contributed by atoms with E-state index in [2.05, 4.69) is 13.0 Å². The average molecular weight is 515 g/mol. The summed E-state index contributed by atoms with van der Waals surface area (Å²) in [5.74, 6) is -1.54. The molecule has 0 aromatic rings. The lowest BCUT2D eigenvalue weighted by Crippen LogP contribution is -2.46. The SMILES string of the molecule is CCCCCCCCCCCC(=O)N(CCC[N+](C)(C)CC(=O)O)C(C)C#N.C[N+](C)(C)CC(=O)O. The summed E-state index contributed by atoms with van der Waals surface area (Å²) >= 11 is 0. The van der Waals surface area contributed by atoms with E-state index in [1.54, 1.807) is 11.8 Å². The number of quaternary nitrogens is 2. The second-order valence-corrected chi connectivity index (χ2v) is 11.4. The molecule has 0 heterocycles. The molecule has 36 heavy (non-hydrogen) atoms. The molecule has 0 bridgehead atoms. The van der Waals surface area contributed by atoms with Gasteiger partial charge in [0.1, 0.15) is 6.04 Å². The van der Waals surface area contributed by atoms with Gasteiger partial charge in [-0.1, -0.05) is 58.3 Å². The van der Waals surface area contributed by atoms with E-state index in [-0.39, 0.29) is 19.0 Å². The summed E-state index contributed by atoms with van der Waals surface area (Å²) in [4.78, 5) is 35.1. The van der Waals surface area contributed by atoms with Gasteiger partial charge in [-0.15, -0.1) is 0 Å². The fraction of sp³-hybridized carbons (Fsp3) is 0.852. The monoisotopic (exact) mass is 514 g/mol. The van der Waals surface area contributed by atoms with E-state index in [1.807, 2.05) is 35.2 Å². The molecule has 0 aliphatic rings. The Morgan fingerprint density at radius 1 is 0.806 bits per heavy atom. The summed E-state index contributed by atoms with van der Waals surface area (Å²) in [5, 5.41) is 26.4. The van der Waals surface area contributed by atoms with Crippen molar-refractivity contribution in [3.63, 3.8) is 0 Å². The van der Waals surface area contributed by atoms with Crippen LogP contribution in [0.25, 0.3) is 0 Å². The first-order valence-electron chi connectivity index (χ1n) is 13.4. The van der Waals surface area contributed by atoms with Crippen LogP contribution in [0.1, 0.15) is 84.5 Å². The molecule has 1 unspecified atom stereocenters. The van der Waals surface area contributed by atoms with E-state index in [4.69, 9.17) is 10.2 Å². The molecule has 9 nitrogen and oxygen atoms in total. The molecule has 0 radical (unpaired) electrons. The van der Waals surface area contributed by atoms with Gasteiger partial charge < -0.3 is 24.1 Å². The first kappa shape index (κ1) is 36.0. The molecule has 0 aliphatic carbocycles. The van der Waals surface area contributed by atoms with Crippen LogP contribution in [0.2, 0.25) is 0 Å². The summed E-state index contributed by atoms with van der Waals surface area (Å²) in [6.07, 6.45) is 12.1. The van der Waals surface area contributed by atoms with Crippen LogP contribution in [-0.2, 0) is 14.4 Å². The third kappa shape index (κ3) is 23.6. The molecule has 0 fully saturated rings. The first-order chi connectivity index (χ1) is 16.6. The molecule has 1 atom stereocenters. The smallest absolute Gasteiger partial charge is 0.359 e. The second-order valence-electron chi connectivity index (χ2n) is 11.4.